The number of halogens is 1. The second-order valence-corrected chi connectivity index (χ2v) is 1.95. The number of rotatable bonds is 0. The molecule has 0 unspecified atom stereocenters. The molecule has 0 bridgehead atoms. The summed E-state index contributed by atoms with van der Waals surface area (Å²) in [7, 11) is 5.04. The topological polar surface area (TPSA) is 66.0 Å². The molecular formula is C4H2BClN2O2. The first-order chi connectivity index (χ1) is 4.61. The van der Waals surface area contributed by atoms with Crippen LogP contribution < -0.4 is 11.0 Å². The minimum Gasteiger partial charge on any atom is -0.493 e. The molecule has 6 heteroatoms. The Morgan fingerprint density at radius 1 is 1.70 bits per heavy atom. The molecule has 0 aliphatic carbocycles. The summed E-state index contributed by atoms with van der Waals surface area (Å²) in [6.07, 6.45) is 0. The van der Waals surface area contributed by atoms with Crippen LogP contribution in [-0.2, 0) is 0 Å². The van der Waals surface area contributed by atoms with Crippen molar-refractivity contribution in [1.29, 1.82) is 0 Å². The van der Waals surface area contributed by atoms with Gasteiger partial charge in [0.2, 0.25) is 16.7 Å². The number of aromatic amines is 1. The van der Waals surface area contributed by atoms with Gasteiger partial charge in [0.05, 0.1) is 0 Å². The number of H-pyrrole nitrogens is 1. The third-order valence-electron chi connectivity index (χ3n) is 0.906. The second kappa shape index (κ2) is 2.34. The fraction of sp³-hybridized carbons (Fsp3) is 0. The van der Waals surface area contributed by atoms with E-state index in [2.05, 4.69) is 9.97 Å². The molecule has 2 N–H and O–H groups in total. The van der Waals surface area contributed by atoms with Crippen LogP contribution in [0.1, 0.15) is 0 Å². The molecule has 0 fully saturated rings. The van der Waals surface area contributed by atoms with E-state index >= 15 is 0 Å². The minimum absolute atomic E-state index is 0.184. The highest BCUT2D eigenvalue weighted by atomic mass is 35.5. The van der Waals surface area contributed by atoms with Crippen LogP contribution in [0.5, 0.6) is 5.88 Å². The van der Waals surface area contributed by atoms with Gasteiger partial charge in [-0.05, 0) is 11.6 Å². The van der Waals surface area contributed by atoms with Gasteiger partial charge in [0, 0.05) is 5.46 Å². The Hall–Kier alpha value is -0.965. The van der Waals surface area contributed by atoms with Gasteiger partial charge < -0.3 is 5.11 Å². The highest BCUT2D eigenvalue weighted by molar-refractivity contribution is 6.34. The van der Waals surface area contributed by atoms with Crippen molar-refractivity contribution in [2.75, 3.05) is 0 Å². The van der Waals surface area contributed by atoms with Crippen LogP contribution >= 0.6 is 11.6 Å². The summed E-state index contributed by atoms with van der Waals surface area (Å²) in [5.74, 6) is -0.547. The summed E-state index contributed by atoms with van der Waals surface area (Å²) in [6.45, 7) is 0. The van der Waals surface area contributed by atoms with Crippen LogP contribution in [0.15, 0.2) is 4.79 Å². The van der Waals surface area contributed by atoms with Crippen molar-refractivity contribution < 1.29 is 5.11 Å². The first-order valence-electron chi connectivity index (χ1n) is 2.35. The normalized spacial score (nSPS) is 9.70. The van der Waals surface area contributed by atoms with Crippen molar-refractivity contribution in [2.45, 2.75) is 0 Å². The number of aromatic hydroxyl groups is 1. The SMILES string of the molecule is [B]c1c(O)nc(Cl)[nH]c1=O. The molecule has 0 spiro atoms. The van der Waals surface area contributed by atoms with Gasteiger partial charge >= 0.3 is 0 Å². The highest BCUT2D eigenvalue weighted by Gasteiger charge is 2.01. The van der Waals surface area contributed by atoms with E-state index in [4.69, 9.17) is 24.6 Å². The molecule has 0 atom stereocenters. The molecule has 50 valence electrons. The van der Waals surface area contributed by atoms with Gasteiger partial charge in [0.25, 0.3) is 0 Å². The van der Waals surface area contributed by atoms with E-state index in [1.54, 1.807) is 0 Å². The fourth-order valence-corrected chi connectivity index (χ4v) is 0.610. The van der Waals surface area contributed by atoms with Crippen LogP contribution in [0, 0.1) is 0 Å². The minimum atomic E-state index is -0.641. The smallest absolute Gasteiger partial charge is 0.248 e. The molecule has 4 nitrogen and oxygen atoms in total. The lowest BCUT2D eigenvalue weighted by molar-refractivity contribution is 0.456. The van der Waals surface area contributed by atoms with Crippen molar-refractivity contribution in [3.8, 4) is 5.88 Å². The van der Waals surface area contributed by atoms with Gasteiger partial charge in [-0.15, -0.1) is 0 Å². The summed E-state index contributed by atoms with van der Waals surface area (Å²) < 4.78 is 0. The van der Waals surface area contributed by atoms with Crippen LogP contribution in [0.2, 0.25) is 5.28 Å². The van der Waals surface area contributed by atoms with Gasteiger partial charge in [0.1, 0.15) is 7.85 Å². The Bertz CT molecular complexity index is 311. The zero-order valence-electron chi connectivity index (χ0n) is 4.76. The monoisotopic (exact) mass is 156 g/mol. The molecule has 10 heavy (non-hydrogen) atoms. The molecule has 1 aromatic rings. The summed E-state index contributed by atoms with van der Waals surface area (Å²) in [6, 6.07) is 0. The number of hydrogen-bond donors (Lipinski definition) is 2. The van der Waals surface area contributed by atoms with E-state index in [0.29, 0.717) is 0 Å². The Balaban J connectivity index is 3.46. The maximum absolute atomic E-state index is 10.6. The van der Waals surface area contributed by atoms with E-state index < -0.39 is 11.4 Å². The maximum Gasteiger partial charge on any atom is 0.248 e. The molecule has 1 heterocycles. The van der Waals surface area contributed by atoms with Crippen LogP contribution in [-0.4, -0.2) is 22.9 Å². The lowest BCUT2D eigenvalue weighted by Crippen LogP contribution is -2.28. The molecule has 1 aromatic heterocycles. The summed E-state index contributed by atoms with van der Waals surface area (Å²) in [5.41, 5.74) is -0.970. The maximum atomic E-state index is 10.6. The number of nitrogens with one attached hydrogen (secondary N) is 1. The Labute approximate surface area is 62.3 Å². The lowest BCUT2D eigenvalue weighted by Gasteiger charge is -1.94. The van der Waals surface area contributed by atoms with Crippen molar-refractivity contribution in [2.24, 2.45) is 0 Å². The predicted molar refractivity (Wildman–Crippen MR) is 36.9 cm³/mol. The summed E-state index contributed by atoms with van der Waals surface area (Å²) >= 11 is 5.24. The van der Waals surface area contributed by atoms with E-state index in [1.807, 2.05) is 0 Å². The van der Waals surface area contributed by atoms with Crippen molar-refractivity contribution in [1.82, 2.24) is 9.97 Å². The standard InChI is InChI=1S/C4H2BClN2O2/c5-1-2(9)7-4(6)8-3(1)10/h(H2,7,8,9,10). The van der Waals surface area contributed by atoms with E-state index in [9.17, 15) is 4.79 Å². The number of aromatic nitrogens is 2. The van der Waals surface area contributed by atoms with E-state index in [-0.39, 0.29) is 10.7 Å². The summed E-state index contributed by atoms with van der Waals surface area (Å²) in [5, 5.41) is 8.56. The molecule has 0 amide bonds. The summed E-state index contributed by atoms with van der Waals surface area (Å²) in [4.78, 5) is 16.0. The van der Waals surface area contributed by atoms with E-state index in [1.165, 1.54) is 0 Å². The Morgan fingerprint density at radius 2 is 2.30 bits per heavy atom. The molecular weight excluding hydrogens is 154 g/mol. The Kier molecular flexibility index (Phi) is 1.67. The first-order valence-corrected chi connectivity index (χ1v) is 2.73. The van der Waals surface area contributed by atoms with Crippen LogP contribution in [0.25, 0.3) is 0 Å². The van der Waals surface area contributed by atoms with Gasteiger partial charge in [-0.25, -0.2) is 0 Å². The molecule has 0 saturated carbocycles. The molecule has 1 rings (SSSR count). The average molecular weight is 156 g/mol. The van der Waals surface area contributed by atoms with Crippen molar-refractivity contribution in [3.05, 3.63) is 15.6 Å². The zero-order chi connectivity index (χ0) is 7.72. The van der Waals surface area contributed by atoms with Gasteiger partial charge in [-0.3, -0.25) is 9.78 Å². The van der Waals surface area contributed by atoms with Crippen molar-refractivity contribution >= 4 is 24.9 Å². The van der Waals surface area contributed by atoms with E-state index in [0.717, 1.165) is 0 Å². The lowest BCUT2D eigenvalue weighted by atomic mass is 10.00. The number of hydrogen-bond acceptors (Lipinski definition) is 3. The zero-order valence-corrected chi connectivity index (χ0v) is 5.51. The predicted octanol–water partition coefficient (Wildman–Crippen LogP) is -1.08. The molecule has 0 aliphatic rings. The van der Waals surface area contributed by atoms with Gasteiger partial charge in [-0.1, -0.05) is 0 Å². The molecule has 0 aromatic carbocycles. The molecule has 0 aliphatic heterocycles. The highest BCUT2D eigenvalue weighted by Crippen LogP contribution is 1.98. The van der Waals surface area contributed by atoms with Gasteiger partial charge in [0.15, 0.2) is 0 Å². The van der Waals surface area contributed by atoms with Crippen LogP contribution in [0.4, 0.5) is 0 Å². The third-order valence-corrected chi connectivity index (χ3v) is 1.09. The molecule has 2 radical (unpaired) electrons. The average Bonchev–Trinajstić information content (AvgIpc) is 1.82. The third kappa shape index (κ3) is 1.13. The van der Waals surface area contributed by atoms with Gasteiger partial charge in [-0.2, -0.15) is 4.98 Å². The van der Waals surface area contributed by atoms with Crippen molar-refractivity contribution in [3.63, 3.8) is 0 Å². The largest absolute Gasteiger partial charge is 0.493 e. The fourth-order valence-electron chi connectivity index (χ4n) is 0.444. The second-order valence-electron chi connectivity index (χ2n) is 1.59. The molecule has 0 saturated heterocycles. The number of nitrogens with zero attached hydrogens (tertiary/aromatic N) is 1. The first kappa shape index (κ1) is 7.15. The van der Waals surface area contributed by atoms with Crippen LogP contribution in [0.3, 0.4) is 0 Å². The Morgan fingerprint density at radius 3 is 2.80 bits per heavy atom. The quantitative estimate of drug-likeness (QED) is 0.371.